The monoisotopic (exact) mass is 357 g/mol. The molecule has 2 heterocycles. The van der Waals surface area contributed by atoms with Crippen molar-refractivity contribution in [1.82, 2.24) is 10.2 Å². The molecule has 2 fully saturated rings. The van der Waals surface area contributed by atoms with Crippen LogP contribution in [-0.4, -0.2) is 49.4 Å². The van der Waals surface area contributed by atoms with E-state index in [9.17, 15) is 9.59 Å². The first-order valence-corrected chi connectivity index (χ1v) is 9.94. The highest BCUT2D eigenvalue weighted by Crippen LogP contribution is 2.22. The Morgan fingerprint density at radius 3 is 2.42 bits per heavy atom. The molecule has 0 spiro atoms. The van der Waals surface area contributed by atoms with Gasteiger partial charge in [-0.15, -0.1) is 0 Å². The maximum absolute atomic E-state index is 12.4. The van der Waals surface area contributed by atoms with E-state index in [1.165, 1.54) is 6.54 Å². The lowest BCUT2D eigenvalue weighted by Crippen LogP contribution is -2.40. The van der Waals surface area contributed by atoms with E-state index in [2.05, 4.69) is 24.1 Å². The van der Waals surface area contributed by atoms with E-state index in [1.807, 2.05) is 24.3 Å². The highest BCUT2D eigenvalue weighted by Gasteiger charge is 2.22. The van der Waals surface area contributed by atoms with Gasteiger partial charge in [0.15, 0.2) is 0 Å². The zero-order valence-corrected chi connectivity index (χ0v) is 16.0. The zero-order valence-electron chi connectivity index (χ0n) is 16.0. The number of rotatable bonds is 6. The van der Waals surface area contributed by atoms with Crippen LogP contribution in [0, 0.1) is 11.8 Å². The Morgan fingerprint density at radius 2 is 1.85 bits per heavy atom. The summed E-state index contributed by atoms with van der Waals surface area (Å²) >= 11 is 0. The first kappa shape index (κ1) is 18.9. The molecule has 2 amide bonds. The summed E-state index contributed by atoms with van der Waals surface area (Å²) in [6.45, 7) is 9.49. The molecular weight excluding hydrogens is 326 g/mol. The van der Waals surface area contributed by atoms with Crippen LogP contribution in [0.15, 0.2) is 24.3 Å². The van der Waals surface area contributed by atoms with Gasteiger partial charge in [-0.1, -0.05) is 13.8 Å². The number of hydrogen-bond donors (Lipinski definition) is 1. The number of piperidine rings is 1. The fourth-order valence-corrected chi connectivity index (χ4v) is 3.94. The summed E-state index contributed by atoms with van der Waals surface area (Å²) in [4.78, 5) is 28.5. The summed E-state index contributed by atoms with van der Waals surface area (Å²) < 4.78 is 0. The number of amides is 2. The van der Waals surface area contributed by atoms with E-state index in [1.54, 1.807) is 4.90 Å². The third kappa shape index (κ3) is 4.85. The number of benzene rings is 1. The van der Waals surface area contributed by atoms with E-state index in [0.29, 0.717) is 23.8 Å². The third-order valence-corrected chi connectivity index (χ3v) is 5.40. The summed E-state index contributed by atoms with van der Waals surface area (Å²) in [6.07, 6.45) is 3.85. The number of likely N-dealkylation sites (tertiary alicyclic amines) is 1. The van der Waals surface area contributed by atoms with Gasteiger partial charge in [-0.3, -0.25) is 9.59 Å². The Labute approximate surface area is 156 Å². The van der Waals surface area contributed by atoms with Gasteiger partial charge >= 0.3 is 0 Å². The topological polar surface area (TPSA) is 52.7 Å². The summed E-state index contributed by atoms with van der Waals surface area (Å²) in [5.74, 6) is 1.44. The lowest BCUT2D eigenvalue weighted by molar-refractivity contribution is -0.117. The zero-order chi connectivity index (χ0) is 18.5. The van der Waals surface area contributed by atoms with Crippen molar-refractivity contribution in [3.05, 3.63) is 29.8 Å². The van der Waals surface area contributed by atoms with Crippen LogP contribution in [0.1, 0.15) is 49.9 Å². The molecule has 0 unspecified atom stereocenters. The minimum atomic E-state index is -0.0195. The highest BCUT2D eigenvalue weighted by atomic mass is 16.2. The van der Waals surface area contributed by atoms with Crippen LogP contribution in [0.3, 0.4) is 0 Å². The molecule has 5 heteroatoms. The molecule has 2 aliphatic heterocycles. The molecule has 26 heavy (non-hydrogen) atoms. The van der Waals surface area contributed by atoms with Crippen molar-refractivity contribution in [2.45, 2.75) is 39.5 Å². The number of carbonyl (C=O) groups is 2. The molecule has 0 saturated carbocycles. The van der Waals surface area contributed by atoms with Gasteiger partial charge < -0.3 is 15.1 Å². The van der Waals surface area contributed by atoms with Gasteiger partial charge in [-0.2, -0.15) is 0 Å². The SMILES string of the molecule is CC(C)CN1CCC(CNC(=O)c2ccc(N3CCCC3=O)cc2)CC1. The average molecular weight is 357 g/mol. The Hall–Kier alpha value is -1.88. The number of hydrogen-bond acceptors (Lipinski definition) is 3. The first-order chi connectivity index (χ1) is 12.5. The van der Waals surface area contributed by atoms with Crippen LogP contribution in [0.4, 0.5) is 5.69 Å². The van der Waals surface area contributed by atoms with E-state index >= 15 is 0 Å². The number of nitrogens with zero attached hydrogens (tertiary/aromatic N) is 2. The summed E-state index contributed by atoms with van der Waals surface area (Å²) in [5.41, 5.74) is 1.55. The number of nitrogens with one attached hydrogen (secondary N) is 1. The lowest BCUT2D eigenvalue weighted by Gasteiger charge is -2.33. The van der Waals surface area contributed by atoms with E-state index in [4.69, 9.17) is 0 Å². The second-order valence-corrected chi connectivity index (χ2v) is 8.04. The van der Waals surface area contributed by atoms with Crippen LogP contribution in [-0.2, 0) is 4.79 Å². The number of carbonyl (C=O) groups excluding carboxylic acids is 2. The molecule has 3 rings (SSSR count). The fraction of sp³-hybridized carbons (Fsp3) is 0.619. The molecule has 1 N–H and O–H groups in total. The smallest absolute Gasteiger partial charge is 0.251 e. The second-order valence-electron chi connectivity index (χ2n) is 8.04. The predicted molar refractivity (Wildman–Crippen MR) is 104 cm³/mol. The Kier molecular flexibility index (Phi) is 6.30. The van der Waals surface area contributed by atoms with Gasteiger partial charge in [0, 0.05) is 37.3 Å². The van der Waals surface area contributed by atoms with Crippen molar-refractivity contribution in [2.75, 3.05) is 37.6 Å². The van der Waals surface area contributed by atoms with Crippen molar-refractivity contribution >= 4 is 17.5 Å². The Morgan fingerprint density at radius 1 is 1.15 bits per heavy atom. The van der Waals surface area contributed by atoms with Crippen molar-refractivity contribution in [1.29, 1.82) is 0 Å². The largest absolute Gasteiger partial charge is 0.352 e. The van der Waals surface area contributed by atoms with E-state index in [0.717, 1.165) is 51.1 Å². The molecule has 2 aliphatic rings. The molecule has 0 bridgehead atoms. The quantitative estimate of drug-likeness (QED) is 0.852. The van der Waals surface area contributed by atoms with Crippen molar-refractivity contribution in [3.8, 4) is 0 Å². The predicted octanol–water partition coefficient (Wildman–Crippen LogP) is 2.91. The Balaban J connectivity index is 1.44. The first-order valence-electron chi connectivity index (χ1n) is 9.94. The van der Waals surface area contributed by atoms with E-state index in [-0.39, 0.29) is 11.8 Å². The highest BCUT2D eigenvalue weighted by molar-refractivity contribution is 5.97. The molecule has 0 atom stereocenters. The normalized spacial score (nSPS) is 19.3. The van der Waals surface area contributed by atoms with Crippen LogP contribution < -0.4 is 10.2 Å². The van der Waals surface area contributed by atoms with Crippen molar-refractivity contribution in [3.63, 3.8) is 0 Å². The van der Waals surface area contributed by atoms with Crippen LogP contribution >= 0.6 is 0 Å². The minimum absolute atomic E-state index is 0.0195. The van der Waals surface area contributed by atoms with Gasteiger partial charge in [0.2, 0.25) is 5.91 Å². The average Bonchev–Trinajstić information content (AvgIpc) is 3.06. The molecular formula is C21H31N3O2. The minimum Gasteiger partial charge on any atom is -0.352 e. The molecule has 142 valence electrons. The van der Waals surface area contributed by atoms with Crippen molar-refractivity contribution < 1.29 is 9.59 Å². The molecule has 0 aliphatic carbocycles. The van der Waals surface area contributed by atoms with Crippen LogP contribution in [0.25, 0.3) is 0 Å². The standard InChI is InChI=1S/C21H31N3O2/c1-16(2)15-23-12-9-17(10-13-23)14-22-21(26)18-5-7-19(8-6-18)24-11-3-4-20(24)25/h5-8,16-17H,3-4,9-15H2,1-2H3,(H,22,26). The van der Waals surface area contributed by atoms with Gasteiger partial charge in [0.1, 0.15) is 0 Å². The van der Waals surface area contributed by atoms with Gasteiger partial charge in [-0.25, -0.2) is 0 Å². The van der Waals surface area contributed by atoms with Gasteiger partial charge in [0.25, 0.3) is 5.91 Å². The molecule has 1 aromatic carbocycles. The lowest BCUT2D eigenvalue weighted by atomic mass is 9.96. The van der Waals surface area contributed by atoms with Crippen LogP contribution in [0.5, 0.6) is 0 Å². The number of anilines is 1. The Bertz CT molecular complexity index is 619. The summed E-state index contributed by atoms with van der Waals surface area (Å²) in [5, 5.41) is 3.08. The summed E-state index contributed by atoms with van der Waals surface area (Å²) in [7, 11) is 0. The molecule has 0 radical (unpaired) electrons. The third-order valence-electron chi connectivity index (χ3n) is 5.40. The summed E-state index contributed by atoms with van der Waals surface area (Å²) in [6, 6.07) is 7.40. The van der Waals surface area contributed by atoms with Gasteiger partial charge in [-0.05, 0) is 68.5 Å². The maximum Gasteiger partial charge on any atom is 0.251 e. The van der Waals surface area contributed by atoms with Crippen molar-refractivity contribution in [2.24, 2.45) is 11.8 Å². The molecule has 5 nitrogen and oxygen atoms in total. The molecule has 0 aromatic heterocycles. The van der Waals surface area contributed by atoms with Gasteiger partial charge in [0.05, 0.1) is 0 Å². The fourth-order valence-electron chi connectivity index (χ4n) is 3.94. The van der Waals surface area contributed by atoms with Crippen LogP contribution in [0.2, 0.25) is 0 Å². The second kappa shape index (κ2) is 8.67. The molecule has 1 aromatic rings. The molecule has 2 saturated heterocycles. The maximum atomic E-state index is 12.4. The van der Waals surface area contributed by atoms with E-state index < -0.39 is 0 Å².